The lowest BCUT2D eigenvalue weighted by molar-refractivity contribution is -0.140. The van der Waals surface area contributed by atoms with E-state index >= 15 is 0 Å². The van der Waals surface area contributed by atoms with Crippen molar-refractivity contribution in [1.29, 1.82) is 0 Å². The molecule has 1 rings (SSSR count). The fourth-order valence-corrected chi connectivity index (χ4v) is 2.17. The van der Waals surface area contributed by atoms with Gasteiger partial charge in [-0.05, 0) is 18.2 Å². The number of carbonyl (C=O) groups excluding carboxylic acids is 1. The Hall–Kier alpha value is -0.870. The number of hydrogen-bond donors (Lipinski definition) is 1. The monoisotopic (exact) mass is 245 g/mol. The Balaban J connectivity index is 2.50. The molecule has 0 radical (unpaired) electrons. The molecule has 1 aromatic rings. The van der Waals surface area contributed by atoms with Crippen LogP contribution in [-0.4, -0.2) is 18.8 Å². The summed E-state index contributed by atoms with van der Waals surface area (Å²) < 4.78 is 4.53. The highest BCUT2D eigenvalue weighted by Gasteiger charge is 2.04. The standard InChI is InChI=1S/C10H12ClNO2S/c1-14-10(13)4-5-15-9-6-7(12)2-3-8(9)11/h2-3,6H,4-5,12H2,1H3. The lowest BCUT2D eigenvalue weighted by Crippen LogP contribution is -2.01. The first-order valence-corrected chi connectivity index (χ1v) is 5.74. The molecular weight excluding hydrogens is 234 g/mol. The van der Waals surface area contributed by atoms with Crippen LogP contribution in [0.25, 0.3) is 0 Å². The third-order valence-electron chi connectivity index (χ3n) is 1.75. The van der Waals surface area contributed by atoms with Crippen LogP contribution < -0.4 is 5.73 Å². The number of ether oxygens (including phenoxy) is 1. The topological polar surface area (TPSA) is 52.3 Å². The zero-order chi connectivity index (χ0) is 11.3. The maximum Gasteiger partial charge on any atom is 0.306 e. The second kappa shape index (κ2) is 5.88. The molecule has 0 atom stereocenters. The van der Waals surface area contributed by atoms with Crippen molar-refractivity contribution < 1.29 is 9.53 Å². The van der Waals surface area contributed by atoms with Crippen molar-refractivity contribution in [2.24, 2.45) is 0 Å². The van der Waals surface area contributed by atoms with E-state index in [0.717, 1.165) is 4.90 Å². The predicted octanol–water partition coefficient (Wildman–Crippen LogP) is 2.58. The average molecular weight is 246 g/mol. The summed E-state index contributed by atoms with van der Waals surface area (Å²) in [5.41, 5.74) is 6.29. The Labute approximate surface area is 97.9 Å². The van der Waals surface area contributed by atoms with Gasteiger partial charge in [-0.15, -0.1) is 11.8 Å². The third kappa shape index (κ3) is 4.01. The summed E-state index contributed by atoms with van der Waals surface area (Å²) in [4.78, 5) is 11.8. The maximum atomic E-state index is 10.9. The number of nitrogen functional groups attached to an aromatic ring is 1. The lowest BCUT2D eigenvalue weighted by atomic mass is 10.3. The van der Waals surface area contributed by atoms with Crippen molar-refractivity contribution in [2.75, 3.05) is 18.6 Å². The quantitative estimate of drug-likeness (QED) is 0.503. The van der Waals surface area contributed by atoms with Crippen molar-refractivity contribution in [3.63, 3.8) is 0 Å². The predicted molar refractivity (Wildman–Crippen MR) is 63.2 cm³/mol. The lowest BCUT2D eigenvalue weighted by Gasteiger charge is -2.04. The van der Waals surface area contributed by atoms with Crippen LogP contribution >= 0.6 is 23.4 Å². The molecule has 0 spiro atoms. The van der Waals surface area contributed by atoms with E-state index in [4.69, 9.17) is 17.3 Å². The highest BCUT2D eigenvalue weighted by Crippen LogP contribution is 2.29. The molecule has 3 nitrogen and oxygen atoms in total. The molecule has 0 amide bonds. The molecule has 0 saturated carbocycles. The number of benzene rings is 1. The molecule has 2 N–H and O–H groups in total. The zero-order valence-electron chi connectivity index (χ0n) is 8.33. The van der Waals surface area contributed by atoms with Crippen LogP contribution in [0, 0.1) is 0 Å². The van der Waals surface area contributed by atoms with E-state index in [9.17, 15) is 4.79 Å². The van der Waals surface area contributed by atoms with Crippen molar-refractivity contribution in [3.05, 3.63) is 23.2 Å². The first kappa shape index (κ1) is 12.2. The molecule has 0 bridgehead atoms. The van der Waals surface area contributed by atoms with Gasteiger partial charge in [-0.1, -0.05) is 11.6 Å². The van der Waals surface area contributed by atoms with E-state index in [1.165, 1.54) is 18.9 Å². The molecule has 0 fully saturated rings. The van der Waals surface area contributed by atoms with Gasteiger partial charge in [0.1, 0.15) is 0 Å². The molecule has 0 aliphatic rings. The van der Waals surface area contributed by atoms with Gasteiger partial charge in [0.15, 0.2) is 0 Å². The van der Waals surface area contributed by atoms with Gasteiger partial charge in [-0.2, -0.15) is 0 Å². The van der Waals surface area contributed by atoms with Crippen LogP contribution in [0.1, 0.15) is 6.42 Å². The average Bonchev–Trinajstić information content (AvgIpc) is 2.23. The number of esters is 1. The van der Waals surface area contributed by atoms with Crippen LogP contribution in [0.5, 0.6) is 0 Å². The van der Waals surface area contributed by atoms with Crippen LogP contribution in [-0.2, 0) is 9.53 Å². The highest BCUT2D eigenvalue weighted by atomic mass is 35.5. The maximum absolute atomic E-state index is 10.9. The Kier molecular flexibility index (Phi) is 4.78. The first-order chi connectivity index (χ1) is 7.13. The Morgan fingerprint density at radius 2 is 2.33 bits per heavy atom. The number of hydrogen-bond acceptors (Lipinski definition) is 4. The molecule has 15 heavy (non-hydrogen) atoms. The largest absolute Gasteiger partial charge is 0.469 e. The smallest absolute Gasteiger partial charge is 0.306 e. The van der Waals surface area contributed by atoms with Crippen LogP contribution in [0.3, 0.4) is 0 Å². The zero-order valence-corrected chi connectivity index (χ0v) is 9.90. The molecule has 0 saturated heterocycles. The van der Waals surface area contributed by atoms with Crippen molar-refractivity contribution in [3.8, 4) is 0 Å². The van der Waals surface area contributed by atoms with E-state index < -0.39 is 0 Å². The molecule has 0 heterocycles. The Morgan fingerprint density at radius 3 is 3.00 bits per heavy atom. The van der Waals surface area contributed by atoms with E-state index in [2.05, 4.69) is 4.74 Å². The van der Waals surface area contributed by atoms with E-state index in [1.807, 2.05) is 0 Å². The van der Waals surface area contributed by atoms with Gasteiger partial charge < -0.3 is 10.5 Å². The Morgan fingerprint density at radius 1 is 1.60 bits per heavy atom. The molecule has 0 aliphatic carbocycles. The number of halogens is 1. The molecule has 0 aromatic heterocycles. The van der Waals surface area contributed by atoms with Gasteiger partial charge in [0.25, 0.3) is 0 Å². The summed E-state index contributed by atoms with van der Waals surface area (Å²) in [6.07, 6.45) is 0.367. The minimum absolute atomic E-state index is 0.220. The molecule has 82 valence electrons. The minimum Gasteiger partial charge on any atom is -0.469 e. The fourth-order valence-electron chi connectivity index (χ4n) is 0.977. The summed E-state index contributed by atoms with van der Waals surface area (Å²) >= 11 is 7.44. The normalized spacial score (nSPS) is 10.0. The number of rotatable bonds is 4. The molecule has 5 heteroatoms. The molecule has 0 aliphatic heterocycles. The van der Waals surface area contributed by atoms with E-state index in [0.29, 0.717) is 22.9 Å². The number of nitrogens with two attached hydrogens (primary N) is 1. The number of carbonyl (C=O) groups is 1. The second-order valence-electron chi connectivity index (χ2n) is 2.86. The summed E-state index contributed by atoms with van der Waals surface area (Å²) in [5.74, 6) is 0.415. The van der Waals surface area contributed by atoms with Gasteiger partial charge in [0.05, 0.1) is 18.6 Å². The van der Waals surface area contributed by atoms with Gasteiger partial charge in [-0.3, -0.25) is 4.79 Å². The Bertz CT molecular complexity index is 357. The van der Waals surface area contributed by atoms with Gasteiger partial charge in [0, 0.05) is 16.3 Å². The second-order valence-corrected chi connectivity index (χ2v) is 4.41. The summed E-state index contributed by atoms with van der Waals surface area (Å²) in [6, 6.07) is 5.29. The molecular formula is C10H12ClNO2S. The van der Waals surface area contributed by atoms with Crippen molar-refractivity contribution >= 4 is 35.0 Å². The number of anilines is 1. The highest BCUT2D eigenvalue weighted by molar-refractivity contribution is 7.99. The SMILES string of the molecule is COC(=O)CCSc1cc(N)ccc1Cl. The summed E-state index contributed by atoms with van der Waals surface area (Å²) in [5, 5.41) is 0.652. The van der Waals surface area contributed by atoms with Crippen molar-refractivity contribution in [1.82, 2.24) is 0 Å². The van der Waals surface area contributed by atoms with Crippen LogP contribution in [0.4, 0.5) is 5.69 Å². The van der Waals surface area contributed by atoms with Gasteiger partial charge >= 0.3 is 5.97 Å². The van der Waals surface area contributed by atoms with Crippen molar-refractivity contribution in [2.45, 2.75) is 11.3 Å². The minimum atomic E-state index is -0.220. The molecule has 1 aromatic carbocycles. The summed E-state index contributed by atoms with van der Waals surface area (Å²) in [6.45, 7) is 0. The van der Waals surface area contributed by atoms with Crippen LogP contribution in [0.15, 0.2) is 23.1 Å². The number of thioether (sulfide) groups is 1. The summed E-state index contributed by atoms with van der Waals surface area (Å²) in [7, 11) is 1.38. The van der Waals surface area contributed by atoms with Gasteiger partial charge in [0.2, 0.25) is 0 Å². The van der Waals surface area contributed by atoms with E-state index in [1.54, 1.807) is 18.2 Å². The third-order valence-corrected chi connectivity index (χ3v) is 3.25. The first-order valence-electron chi connectivity index (χ1n) is 4.38. The van der Waals surface area contributed by atoms with E-state index in [-0.39, 0.29) is 5.97 Å². The van der Waals surface area contributed by atoms with Crippen LogP contribution in [0.2, 0.25) is 5.02 Å². The van der Waals surface area contributed by atoms with Gasteiger partial charge in [-0.25, -0.2) is 0 Å². The number of methoxy groups -OCH3 is 1. The molecule has 0 unspecified atom stereocenters. The fraction of sp³-hybridized carbons (Fsp3) is 0.300.